The average Bonchev–Trinajstić information content (AvgIpc) is 2.22. The van der Waals surface area contributed by atoms with Crippen LogP contribution in [0.15, 0.2) is 27.1 Å². The number of hydrogen-bond acceptors (Lipinski definition) is 2. The lowest BCUT2D eigenvalue weighted by atomic mass is 10.1. The number of nitrogens with zero attached hydrogens (tertiary/aromatic N) is 1. The molecular weight excluding hydrogens is 367 g/mol. The van der Waals surface area contributed by atoms with Crippen molar-refractivity contribution in [3.05, 3.63) is 27.1 Å². The van der Waals surface area contributed by atoms with Gasteiger partial charge in [-0.25, -0.2) is 0 Å². The van der Waals surface area contributed by atoms with E-state index in [1.54, 1.807) is 0 Å². The van der Waals surface area contributed by atoms with Crippen LogP contribution in [0, 0.1) is 5.92 Å². The van der Waals surface area contributed by atoms with E-state index in [2.05, 4.69) is 63.1 Å². The quantitative estimate of drug-likeness (QED) is 0.598. The first-order valence-electron chi connectivity index (χ1n) is 5.40. The summed E-state index contributed by atoms with van der Waals surface area (Å²) >= 11 is 13.3. The molecule has 0 spiro atoms. The fourth-order valence-corrected chi connectivity index (χ4v) is 2.39. The van der Waals surface area contributed by atoms with Crippen LogP contribution in [-0.2, 0) is 0 Å². The Hall–Kier alpha value is 0.230. The van der Waals surface area contributed by atoms with Gasteiger partial charge >= 0.3 is 0 Å². The van der Waals surface area contributed by atoms with E-state index in [1.165, 1.54) is 0 Å². The van der Waals surface area contributed by atoms with E-state index in [0.717, 1.165) is 21.2 Å². The smallest absolute Gasteiger partial charge is 0.105 e. The Morgan fingerprint density at radius 3 is 2.47 bits per heavy atom. The summed E-state index contributed by atoms with van der Waals surface area (Å²) in [5.74, 6) is 0.370. The largest absolute Gasteiger partial charge is 0.369 e. The van der Waals surface area contributed by atoms with Gasteiger partial charge in [0.2, 0.25) is 0 Å². The first kappa shape index (κ1) is 15.3. The van der Waals surface area contributed by atoms with Gasteiger partial charge in [-0.3, -0.25) is 0 Å². The number of alkyl halides is 1. The van der Waals surface area contributed by atoms with E-state index in [9.17, 15) is 0 Å². The number of anilines is 1. The molecule has 5 heteroatoms. The number of nitrogens with one attached hydrogen (secondary N) is 1. The maximum atomic E-state index is 6.34. The number of hydrogen-bond donors (Lipinski definition) is 1. The van der Waals surface area contributed by atoms with Crippen LogP contribution in [0.1, 0.15) is 6.92 Å². The molecule has 0 fully saturated rings. The summed E-state index contributed by atoms with van der Waals surface area (Å²) < 4.78 is 2.06. The van der Waals surface area contributed by atoms with Crippen molar-refractivity contribution in [3.8, 4) is 0 Å². The Morgan fingerprint density at radius 1 is 1.29 bits per heavy atom. The second-order valence-corrected chi connectivity index (χ2v) is 6.59. The SMILES string of the molecule is CC(CN(C)C)C(Cl)Nc1ccc(Br)c(Br)c1. The lowest BCUT2D eigenvalue weighted by molar-refractivity contribution is 0.339. The Morgan fingerprint density at radius 2 is 1.94 bits per heavy atom. The fraction of sp³-hybridized carbons (Fsp3) is 0.500. The Bertz CT molecular complexity index is 372. The highest BCUT2D eigenvalue weighted by molar-refractivity contribution is 9.13. The molecule has 2 atom stereocenters. The summed E-state index contributed by atoms with van der Waals surface area (Å²) in [6.07, 6.45) is 0. The van der Waals surface area contributed by atoms with Crippen LogP contribution >= 0.6 is 43.5 Å². The van der Waals surface area contributed by atoms with Gasteiger partial charge in [0.15, 0.2) is 0 Å². The van der Waals surface area contributed by atoms with Gasteiger partial charge in [-0.05, 0) is 64.2 Å². The Kier molecular flexibility index (Phi) is 6.27. The first-order valence-corrected chi connectivity index (χ1v) is 7.42. The normalized spacial score (nSPS) is 14.8. The van der Waals surface area contributed by atoms with Crippen molar-refractivity contribution in [2.75, 3.05) is 26.0 Å². The zero-order chi connectivity index (χ0) is 13.0. The number of benzene rings is 1. The van der Waals surface area contributed by atoms with Crippen LogP contribution in [0.4, 0.5) is 5.69 Å². The molecule has 0 aliphatic rings. The zero-order valence-corrected chi connectivity index (χ0v) is 14.1. The summed E-state index contributed by atoms with van der Waals surface area (Å²) in [5, 5.41) is 3.30. The van der Waals surface area contributed by atoms with E-state index in [0.29, 0.717) is 5.92 Å². The van der Waals surface area contributed by atoms with Gasteiger partial charge in [-0.1, -0.05) is 18.5 Å². The standard InChI is InChI=1S/C12H17Br2ClN2/c1-8(7-17(2)3)12(15)16-9-4-5-10(13)11(14)6-9/h4-6,8,12,16H,7H2,1-3H3. The van der Waals surface area contributed by atoms with Crippen molar-refractivity contribution in [1.29, 1.82) is 0 Å². The molecule has 0 bridgehead atoms. The third-order valence-corrected chi connectivity index (χ3v) is 4.80. The van der Waals surface area contributed by atoms with Gasteiger partial charge in [0.1, 0.15) is 5.50 Å². The molecule has 0 amide bonds. The molecular formula is C12H17Br2ClN2. The van der Waals surface area contributed by atoms with Gasteiger partial charge in [0.05, 0.1) is 0 Å². The van der Waals surface area contributed by atoms with Crippen molar-refractivity contribution < 1.29 is 0 Å². The minimum Gasteiger partial charge on any atom is -0.369 e. The molecule has 0 saturated carbocycles. The molecule has 2 nitrogen and oxygen atoms in total. The van der Waals surface area contributed by atoms with Crippen molar-refractivity contribution in [3.63, 3.8) is 0 Å². The van der Waals surface area contributed by atoms with Crippen LogP contribution in [0.3, 0.4) is 0 Å². The van der Waals surface area contributed by atoms with E-state index in [4.69, 9.17) is 11.6 Å². The summed E-state index contributed by atoms with van der Waals surface area (Å²) in [6.45, 7) is 3.09. The third kappa shape index (κ3) is 5.16. The lowest BCUT2D eigenvalue weighted by Gasteiger charge is -2.23. The van der Waals surface area contributed by atoms with E-state index < -0.39 is 0 Å². The number of halogens is 3. The summed E-state index contributed by atoms with van der Waals surface area (Å²) in [4.78, 5) is 2.14. The highest BCUT2D eigenvalue weighted by atomic mass is 79.9. The maximum absolute atomic E-state index is 6.34. The molecule has 1 N–H and O–H groups in total. The molecule has 0 aromatic heterocycles. The van der Waals surface area contributed by atoms with Crippen LogP contribution < -0.4 is 5.32 Å². The van der Waals surface area contributed by atoms with Gasteiger partial charge in [-0.2, -0.15) is 0 Å². The fourth-order valence-electron chi connectivity index (χ4n) is 1.56. The summed E-state index contributed by atoms with van der Waals surface area (Å²) in [6, 6.07) is 6.01. The van der Waals surface area contributed by atoms with Crippen molar-refractivity contribution in [1.82, 2.24) is 4.90 Å². The molecule has 17 heavy (non-hydrogen) atoms. The Labute approximate surface area is 125 Å². The van der Waals surface area contributed by atoms with E-state index in [-0.39, 0.29) is 5.50 Å². The predicted octanol–water partition coefficient (Wildman–Crippen LogP) is 4.39. The first-order chi connectivity index (χ1) is 7.90. The molecule has 0 aliphatic heterocycles. The topological polar surface area (TPSA) is 15.3 Å². The zero-order valence-electron chi connectivity index (χ0n) is 10.2. The minimum atomic E-state index is -0.0783. The van der Waals surface area contributed by atoms with E-state index >= 15 is 0 Å². The molecule has 1 rings (SSSR count). The molecule has 0 saturated heterocycles. The monoisotopic (exact) mass is 382 g/mol. The van der Waals surface area contributed by atoms with Crippen LogP contribution in [-0.4, -0.2) is 31.0 Å². The second kappa shape index (κ2) is 6.98. The van der Waals surface area contributed by atoms with Crippen molar-refractivity contribution >= 4 is 49.1 Å². The van der Waals surface area contributed by atoms with Crippen LogP contribution in [0.25, 0.3) is 0 Å². The summed E-state index contributed by atoms with van der Waals surface area (Å²) in [5.41, 5.74) is 0.941. The molecule has 96 valence electrons. The molecule has 0 radical (unpaired) electrons. The highest BCUT2D eigenvalue weighted by Gasteiger charge is 2.15. The van der Waals surface area contributed by atoms with Gasteiger partial charge in [-0.15, -0.1) is 0 Å². The highest BCUT2D eigenvalue weighted by Crippen LogP contribution is 2.27. The Balaban J connectivity index is 2.61. The van der Waals surface area contributed by atoms with Gasteiger partial charge in [0, 0.05) is 27.1 Å². The third-order valence-electron chi connectivity index (χ3n) is 2.38. The lowest BCUT2D eigenvalue weighted by Crippen LogP contribution is -2.30. The van der Waals surface area contributed by atoms with Gasteiger partial charge < -0.3 is 10.2 Å². The molecule has 0 aliphatic carbocycles. The van der Waals surface area contributed by atoms with Crippen LogP contribution in [0.2, 0.25) is 0 Å². The van der Waals surface area contributed by atoms with Gasteiger partial charge in [0.25, 0.3) is 0 Å². The van der Waals surface area contributed by atoms with Crippen molar-refractivity contribution in [2.45, 2.75) is 12.4 Å². The van der Waals surface area contributed by atoms with E-state index in [1.807, 2.05) is 18.2 Å². The number of rotatable bonds is 5. The summed E-state index contributed by atoms with van der Waals surface area (Å²) in [7, 11) is 4.10. The average molecular weight is 385 g/mol. The molecule has 2 unspecified atom stereocenters. The molecule has 1 aromatic rings. The van der Waals surface area contributed by atoms with Crippen LogP contribution in [0.5, 0.6) is 0 Å². The molecule has 1 aromatic carbocycles. The van der Waals surface area contributed by atoms with Crippen molar-refractivity contribution in [2.24, 2.45) is 5.92 Å². The minimum absolute atomic E-state index is 0.0783. The second-order valence-electron chi connectivity index (χ2n) is 4.41. The maximum Gasteiger partial charge on any atom is 0.105 e. The molecule has 0 heterocycles. The predicted molar refractivity (Wildman–Crippen MR) is 82.8 cm³/mol.